The molecule has 4 aromatic rings. The SMILES string of the molecule is C=C(CN1CC(F)(F)C1)C(=O)NCc1nn(-c2ccccc2)c2c1[C@H](c1ccc(F)cc1)[C@H](NC(=O)c1cccc(C(F)(F)F)c1)C(=O)N2CC. The minimum Gasteiger partial charge on any atom is -0.347 e. The van der Waals surface area contributed by atoms with Crippen LogP contribution in [0, 0.1) is 5.82 Å². The number of rotatable bonds is 10. The molecule has 3 heterocycles. The third-order valence-electron chi connectivity index (χ3n) is 8.75. The van der Waals surface area contributed by atoms with Crippen molar-refractivity contribution < 1.29 is 40.7 Å². The molecule has 3 amide bonds. The zero-order valence-electron chi connectivity index (χ0n) is 27.2. The summed E-state index contributed by atoms with van der Waals surface area (Å²) in [5.74, 6) is -6.34. The molecule has 1 aromatic heterocycles. The molecular weight excluding hydrogens is 678 g/mol. The van der Waals surface area contributed by atoms with Crippen molar-refractivity contribution in [2.75, 3.05) is 31.1 Å². The third kappa shape index (κ3) is 7.24. The second-order valence-corrected chi connectivity index (χ2v) is 12.4. The Morgan fingerprint density at radius 3 is 2.31 bits per heavy atom. The van der Waals surface area contributed by atoms with Gasteiger partial charge in [0, 0.05) is 35.7 Å². The van der Waals surface area contributed by atoms with Gasteiger partial charge in [-0.05, 0) is 55.0 Å². The molecule has 1 saturated heterocycles. The average molecular weight is 711 g/mol. The number of halogens is 6. The first-order valence-corrected chi connectivity index (χ1v) is 15.9. The second-order valence-electron chi connectivity index (χ2n) is 12.4. The van der Waals surface area contributed by atoms with Crippen molar-refractivity contribution in [1.82, 2.24) is 25.3 Å². The van der Waals surface area contributed by atoms with Crippen molar-refractivity contribution in [3.05, 3.63) is 125 Å². The summed E-state index contributed by atoms with van der Waals surface area (Å²) >= 11 is 0. The molecule has 0 saturated carbocycles. The Kier molecular flexibility index (Phi) is 9.51. The number of aromatic nitrogens is 2. The van der Waals surface area contributed by atoms with Crippen LogP contribution >= 0.6 is 0 Å². The first kappa shape index (κ1) is 35.4. The number of alkyl halides is 5. The number of anilines is 1. The predicted molar refractivity (Wildman–Crippen MR) is 175 cm³/mol. The maximum Gasteiger partial charge on any atom is 0.416 e. The van der Waals surface area contributed by atoms with Crippen LogP contribution < -0.4 is 15.5 Å². The van der Waals surface area contributed by atoms with Gasteiger partial charge >= 0.3 is 6.18 Å². The fraction of sp³-hybridized carbons (Fsp3) is 0.278. The Balaban J connectivity index is 1.43. The number of carbonyl (C=O) groups excluding carboxylic acids is 3. The fourth-order valence-corrected chi connectivity index (χ4v) is 6.40. The number of nitrogens with zero attached hydrogens (tertiary/aromatic N) is 4. The molecule has 1 fully saturated rings. The summed E-state index contributed by atoms with van der Waals surface area (Å²) < 4.78 is 83.0. The number of likely N-dealkylation sites (tertiary alicyclic amines) is 1. The van der Waals surface area contributed by atoms with Crippen LogP contribution in [0.3, 0.4) is 0 Å². The highest BCUT2D eigenvalue weighted by molar-refractivity contribution is 6.05. The van der Waals surface area contributed by atoms with Crippen LogP contribution in [0.2, 0.25) is 0 Å². The second kappa shape index (κ2) is 13.7. The number of hydrogen-bond donors (Lipinski definition) is 2. The van der Waals surface area contributed by atoms with Gasteiger partial charge in [-0.3, -0.25) is 24.2 Å². The van der Waals surface area contributed by atoms with E-state index in [1.54, 1.807) is 37.3 Å². The van der Waals surface area contributed by atoms with Crippen LogP contribution in [0.1, 0.15) is 45.6 Å². The molecule has 0 spiro atoms. The van der Waals surface area contributed by atoms with Gasteiger partial charge in [-0.25, -0.2) is 17.9 Å². The van der Waals surface area contributed by atoms with Crippen molar-refractivity contribution in [3.63, 3.8) is 0 Å². The molecule has 2 aliphatic heterocycles. The Labute approximate surface area is 288 Å². The Hall–Kier alpha value is -5.44. The predicted octanol–water partition coefficient (Wildman–Crippen LogP) is 5.45. The van der Waals surface area contributed by atoms with E-state index in [0.717, 1.165) is 12.1 Å². The van der Waals surface area contributed by atoms with Gasteiger partial charge in [-0.2, -0.15) is 18.3 Å². The molecule has 3 aromatic carbocycles. The highest BCUT2D eigenvalue weighted by Crippen LogP contribution is 2.44. The molecule has 266 valence electrons. The lowest BCUT2D eigenvalue weighted by Gasteiger charge is -2.39. The van der Waals surface area contributed by atoms with Crippen LogP contribution in [0.4, 0.5) is 32.2 Å². The third-order valence-corrected chi connectivity index (χ3v) is 8.75. The molecule has 0 unspecified atom stereocenters. The molecule has 6 rings (SSSR count). The first-order chi connectivity index (χ1) is 24.2. The van der Waals surface area contributed by atoms with E-state index in [2.05, 4.69) is 17.2 Å². The lowest BCUT2D eigenvalue weighted by molar-refractivity contribution is -0.137. The molecule has 0 aliphatic carbocycles. The van der Waals surface area contributed by atoms with E-state index in [9.17, 15) is 40.7 Å². The molecule has 9 nitrogen and oxygen atoms in total. The lowest BCUT2D eigenvalue weighted by atomic mass is 9.80. The number of fused-ring (bicyclic) bond motifs is 1. The zero-order chi connectivity index (χ0) is 36.7. The number of para-hydroxylation sites is 1. The van der Waals surface area contributed by atoms with Crippen molar-refractivity contribution in [2.24, 2.45) is 0 Å². The van der Waals surface area contributed by atoms with Gasteiger partial charge in [0.25, 0.3) is 17.7 Å². The molecule has 2 atom stereocenters. The summed E-state index contributed by atoms with van der Waals surface area (Å²) in [7, 11) is 0. The summed E-state index contributed by atoms with van der Waals surface area (Å²) in [4.78, 5) is 43.8. The maximum atomic E-state index is 14.4. The molecule has 15 heteroatoms. The van der Waals surface area contributed by atoms with Crippen molar-refractivity contribution in [3.8, 4) is 5.69 Å². The largest absolute Gasteiger partial charge is 0.416 e. The van der Waals surface area contributed by atoms with Gasteiger partial charge in [-0.1, -0.05) is 43.0 Å². The number of carbonyl (C=O) groups is 3. The van der Waals surface area contributed by atoms with E-state index in [-0.39, 0.29) is 36.5 Å². The monoisotopic (exact) mass is 710 g/mol. The van der Waals surface area contributed by atoms with E-state index in [1.165, 1.54) is 44.8 Å². The van der Waals surface area contributed by atoms with Gasteiger partial charge in [0.15, 0.2) is 0 Å². The van der Waals surface area contributed by atoms with Crippen LogP contribution in [0.25, 0.3) is 5.69 Å². The van der Waals surface area contributed by atoms with E-state index in [1.807, 2.05) is 0 Å². The minimum atomic E-state index is -4.72. The Morgan fingerprint density at radius 1 is 1.00 bits per heavy atom. The quantitative estimate of drug-likeness (QED) is 0.169. The Bertz CT molecular complexity index is 1970. The van der Waals surface area contributed by atoms with E-state index >= 15 is 0 Å². The fourth-order valence-electron chi connectivity index (χ4n) is 6.40. The van der Waals surface area contributed by atoms with Gasteiger partial charge in [0.1, 0.15) is 17.7 Å². The number of nitrogens with one attached hydrogen (secondary N) is 2. The smallest absolute Gasteiger partial charge is 0.347 e. The van der Waals surface area contributed by atoms with E-state index in [4.69, 9.17) is 5.10 Å². The Morgan fingerprint density at radius 2 is 1.69 bits per heavy atom. The summed E-state index contributed by atoms with van der Waals surface area (Å²) in [5, 5.41) is 10.2. The van der Waals surface area contributed by atoms with Gasteiger partial charge in [0.2, 0.25) is 5.91 Å². The van der Waals surface area contributed by atoms with E-state index < -0.39 is 66.3 Å². The highest BCUT2D eigenvalue weighted by Gasteiger charge is 2.47. The topological polar surface area (TPSA) is 99.6 Å². The molecular formula is C36H32F6N6O3. The number of hydrogen-bond acceptors (Lipinski definition) is 5. The standard InChI is InChI=1S/C36H32F6N6O3/c1-3-47-33-29(27(45-48(33)26-10-5-4-6-11-26)17-43-31(49)21(2)18-46-19-35(38,39)20-46)28(22-12-14-25(37)15-13-22)30(34(47)51)44-32(50)23-8-7-9-24(16-23)36(40,41)42/h4-16,28,30H,2-3,17-20H2,1H3,(H,43,49)(H,44,50)/t28-,30-/m0/s1. The normalized spacial score (nSPS) is 18.5. The van der Waals surface area contributed by atoms with Gasteiger partial charge < -0.3 is 10.6 Å². The van der Waals surface area contributed by atoms with Crippen LogP contribution in [-0.2, 0) is 22.3 Å². The zero-order valence-corrected chi connectivity index (χ0v) is 27.2. The maximum absolute atomic E-state index is 14.4. The summed E-state index contributed by atoms with van der Waals surface area (Å²) in [6.07, 6.45) is -4.72. The summed E-state index contributed by atoms with van der Waals surface area (Å²) in [6, 6.07) is 16.3. The van der Waals surface area contributed by atoms with Crippen molar-refractivity contribution in [1.29, 1.82) is 0 Å². The number of likely N-dealkylation sites (N-methyl/N-ethyl adjacent to an activating group) is 1. The lowest BCUT2D eigenvalue weighted by Crippen LogP contribution is -2.57. The number of amides is 3. The molecule has 51 heavy (non-hydrogen) atoms. The van der Waals surface area contributed by atoms with Crippen molar-refractivity contribution >= 4 is 23.5 Å². The van der Waals surface area contributed by atoms with Crippen LogP contribution in [0.15, 0.2) is 91.0 Å². The van der Waals surface area contributed by atoms with Gasteiger partial charge in [-0.15, -0.1) is 0 Å². The average Bonchev–Trinajstić information content (AvgIpc) is 3.46. The molecule has 2 aliphatic rings. The first-order valence-electron chi connectivity index (χ1n) is 15.9. The molecule has 2 N–H and O–H groups in total. The van der Waals surface area contributed by atoms with Gasteiger partial charge in [0.05, 0.1) is 36.6 Å². The summed E-state index contributed by atoms with van der Waals surface area (Å²) in [5.41, 5.74) is 0.205. The van der Waals surface area contributed by atoms with E-state index in [0.29, 0.717) is 28.7 Å². The van der Waals surface area contributed by atoms with Crippen molar-refractivity contribution in [2.45, 2.75) is 37.5 Å². The highest BCUT2D eigenvalue weighted by atomic mass is 19.4. The van der Waals surface area contributed by atoms with Crippen LogP contribution in [-0.4, -0.2) is 70.5 Å². The number of benzene rings is 3. The van der Waals surface area contributed by atoms with Crippen LogP contribution in [0.5, 0.6) is 0 Å². The summed E-state index contributed by atoms with van der Waals surface area (Å²) in [6.45, 7) is 4.21. The minimum absolute atomic E-state index is 0.0357. The molecule has 0 bridgehead atoms. The molecule has 0 radical (unpaired) electrons.